The Morgan fingerprint density at radius 2 is 2.00 bits per heavy atom. The van der Waals surface area contributed by atoms with Crippen LogP contribution in [0.5, 0.6) is 5.75 Å². The van der Waals surface area contributed by atoms with E-state index in [-0.39, 0.29) is 17.9 Å². The Balaban J connectivity index is 1.99. The zero-order valence-corrected chi connectivity index (χ0v) is 10.8. The number of esters is 1. The summed E-state index contributed by atoms with van der Waals surface area (Å²) in [5.41, 5.74) is 1.68. The lowest BCUT2D eigenvalue weighted by atomic mass is 10.2. The van der Waals surface area contributed by atoms with Crippen LogP contribution in [0.25, 0.3) is 0 Å². The summed E-state index contributed by atoms with van der Waals surface area (Å²) in [6.07, 6.45) is 3.40. The molecule has 0 saturated heterocycles. The van der Waals surface area contributed by atoms with Gasteiger partial charge in [-0.1, -0.05) is 6.07 Å². The molecule has 0 atom stereocenters. The molecule has 1 aromatic carbocycles. The Labute approximate surface area is 115 Å². The van der Waals surface area contributed by atoms with Crippen molar-refractivity contribution in [3.8, 4) is 5.75 Å². The van der Waals surface area contributed by atoms with Crippen molar-refractivity contribution in [3.05, 3.63) is 64.0 Å². The van der Waals surface area contributed by atoms with Crippen LogP contribution in [-0.2, 0) is 11.2 Å². The Bertz CT molecular complexity index is 638. The highest BCUT2D eigenvalue weighted by molar-refractivity contribution is 5.75. The third-order valence-electron chi connectivity index (χ3n) is 2.56. The highest BCUT2D eigenvalue weighted by Gasteiger charge is 2.09. The normalized spacial score (nSPS) is 10.1. The van der Waals surface area contributed by atoms with Crippen LogP contribution in [0, 0.1) is 17.0 Å². The molecule has 1 heterocycles. The fourth-order valence-electron chi connectivity index (χ4n) is 1.68. The number of nitrogens with zero attached hydrogens (tertiary/aromatic N) is 2. The standard InChI is InChI=1S/C14H12N2O4/c1-10-6-11(9-15-8-10)7-14(17)20-13-4-2-12(3-5-13)16(18)19/h2-6,8-9H,7H2,1H3. The molecule has 0 aliphatic carbocycles. The predicted octanol–water partition coefficient (Wildman–Crippen LogP) is 2.45. The number of carbonyl (C=O) groups excluding carboxylic acids is 1. The molecule has 6 heteroatoms. The van der Waals surface area contributed by atoms with Crippen LogP contribution in [0.4, 0.5) is 5.69 Å². The van der Waals surface area contributed by atoms with Gasteiger partial charge in [0.05, 0.1) is 11.3 Å². The molecule has 102 valence electrons. The summed E-state index contributed by atoms with van der Waals surface area (Å²) in [4.78, 5) is 25.7. The molecule has 0 radical (unpaired) electrons. The second-order valence-corrected chi connectivity index (χ2v) is 4.27. The molecule has 0 aliphatic heterocycles. The van der Waals surface area contributed by atoms with Gasteiger partial charge in [0, 0.05) is 24.5 Å². The van der Waals surface area contributed by atoms with Crippen molar-refractivity contribution in [1.29, 1.82) is 0 Å². The topological polar surface area (TPSA) is 82.3 Å². The van der Waals surface area contributed by atoms with Gasteiger partial charge in [-0.15, -0.1) is 0 Å². The third-order valence-corrected chi connectivity index (χ3v) is 2.56. The molecule has 0 bridgehead atoms. The molecule has 6 nitrogen and oxygen atoms in total. The SMILES string of the molecule is Cc1cncc(CC(=O)Oc2ccc([N+](=O)[O-])cc2)c1. The maximum Gasteiger partial charge on any atom is 0.315 e. The number of non-ortho nitro benzene ring substituents is 1. The van der Waals surface area contributed by atoms with Crippen LogP contribution < -0.4 is 4.74 Å². The Morgan fingerprint density at radius 1 is 1.30 bits per heavy atom. The largest absolute Gasteiger partial charge is 0.426 e. The van der Waals surface area contributed by atoms with Crippen molar-refractivity contribution in [2.45, 2.75) is 13.3 Å². The number of benzene rings is 1. The van der Waals surface area contributed by atoms with E-state index in [1.165, 1.54) is 24.3 Å². The number of hydrogen-bond donors (Lipinski definition) is 0. The van der Waals surface area contributed by atoms with E-state index >= 15 is 0 Å². The van der Waals surface area contributed by atoms with Gasteiger partial charge in [-0.2, -0.15) is 0 Å². The maximum absolute atomic E-state index is 11.7. The minimum atomic E-state index is -0.510. The Hall–Kier alpha value is -2.76. The molecule has 0 N–H and O–H groups in total. The van der Waals surface area contributed by atoms with Crippen molar-refractivity contribution in [3.63, 3.8) is 0 Å². The number of hydrogen-bond acceptors (Lipinski definition) is 5. The molecular formula is C14H12N2O4. The van der Waals surface area contributed by atoms with Crippen LogP contribution in [0.2, 0.25) is 0 Å². The summed E-state index contributed by atoms with van der Waals surface area (Å²) >= 11 is 0. The molecule has 1 aromatic heterocycles. The molecule has 2 aromatic rings. The molecule has 0 fully saturated rings. The lowest BCUT2D eigenvalue weighted by Gasteiger charge is -2.04. The van der Waals surface area contributed by atoms with E-state index in [0.29, 0.717) is 0 Å². The third kappa shape index (κ3) is 3.61. The lowest BCUT2D eigenvalue weighted by Crippen LogP contribution is -2.11. The molecule has 0 amide bonds. The maximum atomic E-state index is 11.7. The fourth-order valence-corrected chi connectivity index (χ4v) is 1.68. The zero-order chi connectivity index (χ0) is 14.5. The summed E-state index contributed by atoms with van der Waals surface area (Å²) in [6, 6.07) is 7.22. The van der Waals surface area contributed by atoms with Gasteiger partial charge in [-0.3, -0.25) is 19.9 Å². The smallest absolute Gasteiger partial charge is 0.315 e. The van der Waals surface area contributed by atoms with Crippen LogP contribution in [0.15, 0.2) is 42.7 Å². The van der Waals surface area contributed by atoms with Gasteiger partial charge in [0.1, 0.15) is 5.75 Å². The minimum absolute atomic E-state index is 0.0484. The second kappa shape index (κ2) is 5.92. The van der Waals surface area contributed by atoms with Gasteiger partial charge in [0.2, 0.25) is 0 Å². The van der Waals surface area contributed by atoms with Crippen molar-refractivity contribution in [2.75, 3.05) is 0 Å². The van der Waals surface area contributed by atoms with Crippen LogP contribution in [0.3, 0.4) is 0 Å². The molecule has 0 spiro atoms. The first kappa shape index (κ1) is 13.7. The van der Waals surface area contributed by atoms with Gasteiger partial charge >= 0.3 is 5.97 Å². The second-order valence-electron chi connectivity index (χ2n) is 4.27. The van der Waals surface area contributed by atoms with E-state index < -0.39 is 10.9 Å². The van der Waals surface area contributed by atoms with Crippen LogP contribution in [0.1, 0.15) is 11.1 Å². The van der Waals surface area contributed by atoms with Gasteiger partial charge in [0.25, 0.3) is 5.69 Å². The number of nitro benzene ring substituents is 1. The number of pyridine rings is 1. The number of ether oxygens (including phenoxy) is 1. The Kier molecular flexibility index (Phi) is 4.05. The minimum Gasteiger partial charge on any atom is -0.426 e. The first-order valence-corrected chi connectivity index (χ1v) is 5.90. The van der Waals surface area contributed by atoms with Crippen LogP contribution in [-0.4, -0.2) is 15.9 Å². The van der Waals surface area contributed by atoms with Gasteiger partial charge in [0.15, 0.2) is 0 Å². The van der Waals surface area contributed by atoms with E-state index in [1.807, 2.05) is 13.0 Å². The summed E-state index contributed by atoms with van der Waals surface area (Å²) in [7, 11) is 0. The van der Waals surface area contributed by atoms with Crippen molar-refractivity contribution >= 4 is 11.7 Å². The average molecular weight is 272 g/mol. The fraction of sp³-hybridized carbons (Fsp3) is 0.143. The van der Waals surface area contributed by atoms with Crippen molar-refractivity contribution in [1.82, 2.24) is 4.98 Å². The molecular weight excluding hydrogens is 260 g/mol. The highest BCUT2D eigenvalue weighted by atomic mass is 16.6. The summed E-state index contributed by atoms with van der Waals surface area (Å²) in [5, 5.41) is 10.5. The summed E-state index contributed by atoms with van der Waals surface area (Å²) < 4.78 is 5.10. The van der Waals surface area contributed by atoms with E-state index in [9.17, 15) is 14.9 Å². The molecule has 0 aliphatic rings. The predicted molar refractivity (Wildman–Crippen MR) is 71.4 cm³/mol. The monoisotopic (exact) mass is 272 g/mol. The van der Waals surface area contributed by atoms with E-state index in [1.54, 1.807) is 12.4 Å². The Morgan fingerprint density at radius 3 is 2.60 bits per heavy atom. The quantitative estimate of drug-likeness (QED) is 0.369. The first-order valence-electron chi connectivity index (χ1n) is 5.90. The van der Waals surface area contributed by atoms with Crippen LogP contribution >= 0.6 is 0 Å². The number of carbonyl (C=O) groups is 1. The van der Waals surface area contributed by atoms with Gasteiger partial charge in [-0.25, -0.2) is 0 Å². The average Bonchev–Trinajstić information content (AvgIpc) is 2.39. The zero-order valence-electron chi connectivity index (χ0n) is 10.8. The van der Waals surface area contributed by atoms with Gasteiger partial charge < -0.3 is 4.74 Å². The number of nitro groups is 1. The van der Waals surface area contributed by atoms with Crippen molar-refractivity contribution < 1.29 is 14.5 Å². The van der Waals surface area contributed by atoms with E-state index in [2.05, 4.69) is 4.98 Å². The molecule has 0 saturated carbocycles. The lowest BCUT2D eigenvalue weighted by molar-refractivity contribution is -0.384. The van der Waals surface area contributed by atoms with Gasteiger partial charge in [-0.05, 0) is 30.2 Å². The molecule has 2 rings (SSSR count). The molecule has 20 heavy (non-hydrogen) atoms. The van der Waals surface area contributed by atoms with E-state index in [4.69, 9.17) is 4.74 Å². The van der Waals surface area contributed by atoms with E-state index in [0.717, 1.165) is 11.1 Å². The summed E-state index contributed by atoms with van der Waals surface area (Å²) in [5.74, 6) is -0.160. The highest BCUT2D eigenvalue weighted by Crippen LogP contribution is 2.17. The first-order chi connectivity index (χ1) is 9.54. The summed E-state index contributed by atoms with van der Waals surface area (Å²) in [6.45, 7) is 1.89. The number of aryl methyl sites for hydroxylation is 1. The number of aromatic nitrogens is 1. The van der Waals surface area contributed by atoms with Crippen molar-refractivity contribution in [2.24, 2.45) is 0 Å². The molecule has 0 unspecified atom stereocenters. The number of rotatable bonds is 4.